The molecule has 0 unspecified atom stereocenters. The second-order valence-electron chi connectivity index (χ2n) is 4.71. The van der Waals surface area contributed by atoms with Gasteiger partial charge in [-0.3, -0.25) is 9.59 Å². The molecule has 2 aromatic rings. The van der Waals surface area contributed by atoms with E-state index in [-0.39, 0.29) is 18.5 Å². The maximum Gasteiger partial charge on any atom is 0.302 e. The Morgan fingerprint density at radius 1 is 1.17 bits per heavy atom. The Morgan fingerprint density at radius 2 is 1.91 bits per heavy atom. The standard InChI is InChI=1S/C17H16ClNO3S/c1-11(20)22-10-12-5-3-4-6-15(12)23-16-8-7-13(18)9-14(16)17(21)19-2/h3-9H,10H2,1-2H3,(H,19,21). The number of amides is 1. The lowest BCUT2D eigenvalue weighted by Gasteiger charge is -2.12. The fraction of sp³-hybridized carbons (Fsp3) is 0.176. The van der Waals surface area contributed by atoms with Crippen molar-refractivity contribution in [3.63, 3.8) is 0 Å². The highest BCUT2D eigenvalue weighted by molar-refractivity contribution is 7.99. The summed E-state index contributed by atoms with van der Waals surface area (Å²) < 4.78 is 5.07. The van der Waals surface area contributed by atoms with Gasteiger partial charge in [-0.05, 0) is 24.3 Å². The number of ether oxygens (including phenoxy) is 1. The van der Waals surface area contributed by atoms with Gasteiger partial charge in [0, 0.05) is 34.3 Å². The van der Waals surface area contributed by atoms with Crippen molar-refractivity contribution >= 4 is 35.2 Å². The highest BCUT2D eigenvalue weighted by Crippen LogP contribution is 2.34. The van der Waals surface area contributed by atoms with E-state index in [0.717, 1.165) is 15.4 Å². The summed E-state index contributed by atoms with van der Waals surface area (Å²) in [5, 5.41) is 3.11. The van der Waals surface area contributed by atoms with E-state index in [1.54, 1.807) is 25.2 Å². The highest BCUT2D eigenvalue weighted by Gasteiger charge is 2.14. The number of halogens is 1. The summed E-state index contributed by atoms with van der Waals surface area (Å²) in [6, 6.07) is 12.8. The smallest absolute Gasteiger partial charge is 0.302 e. The van der Waals surface area contributed by atoms with E-state index < -0.39 is 0 Å². The maximum atomic E-state index is 12.0. The van der Waals surface area contributed by atoms with Crippen molar-refractivity contribution in [3.05, 3.63) is 58.6 Å². The van der Waals surface area contributed by atoms with Crippen molar-refractivity contribution in [2.45, 2.75) is 23.3 Å². The van der Waals surface area contributed by atoms with Crippen LogP contribution in [0, 0.1) is 0 Å². The lowest BCUT2D eigenvalue weighted by atomic mass is 10.2. The predicted octanol–water partition coefficient (Wildman–Crippen LogP) is 3.91. The summed E-state index contributed by atoms with van der Waals surface area (Å²) in [6.45, 7) is 1.57. The van der Waals surface area contributed by atoms with Crippen LogP contribution in [0.5, 0.6) is 0 Å². The van der Waals surface area contributed by atoms with Crippen molar-refractivity contribution in [3.8, 4) is 0 Å². The third kappa shape index (κ3) is 4.74. The number of esters is 1. The van der Waals surface area contributed by atoms with Gasteiger partial charge in [-0.1, -0.05) is 41.6 Å². The van der Waals surface area contributed by atoms with Crippen LogP contribution < -0.4 is 5.32 Å². The summed E-state index contributed by atoms with van der Waals surface area (Å²) in [6.07, 6.45) is 0. The molecule has 120 valence electrons. The number of carbonyl (C=O) groups is 2. The molecule has 6 heteroatoms. The zero-order valence-corrected chi connectivity index (χ0v) is 14.3. The van der Waals surface area contributed by atoms with Gasteiger partial charge in [0.1, 0.15) is 6.61 Å². The van der Waals surface area contributed by atoms with E-state index in [2.05, 4.69) is 5.32 Å². The molecule has 0 radical (unpaired) electrons. The summed E-state index contributed by atoms with van der Waals surface area (Å²) in [4.78, 5) is 24.7. The molecule has 4 nitrogen and oxygen atoms in total. The molecule has 0 aliphatic heterocycles. The quantitative estimate of drug-likeness (QED) is 0.831. The van der Waals surface area contributed by atoms with Gasteiger partial charge in [0.25, 0.3) is 5.91 Å². The predicted molar refractivity (Wildman–Crippen MR) is 90.9 cm³/mol. The molecule has 0 atom stereocenters. The molecule has 23 heavy (non-hydrogen) atoms. The summed E-state index contributed by atoms with van der Waals surface area (Å²) in [7, 11) is 1.58. The largest absolute Gasteiger partial charge is 0.461 e. The van der Waals surface area contributed by atoms with Crippen LogP contribution in [0.1, 0.15) is 22.8 Å². The molecule has 1 amide bonds. The average molecular weight is 350 g/mol. The molecule has 0 bridgehead atoms. The average Bonchev–Trinajstić information content (AvgIpc) is 2.54. The summed E-state index contributed by atoms with van der Waals surface area (Å²) in [5.74, 6) is -0.533. The molecule has 0 aromatic heterocycles. The Labute approximate surface area is 144 Å². The second kappa shape index (κ2) is 8.04. The Hall–Kier alpha value is -1.98. The lowest BCUT2D eigenvalue weighted by molar-refractivity contribution is -0.142. The minimum absolute atomic E-state index is 0.196. The first-order valence-corrected chi connectivity index (χ1v) is 8.11. The molecule has 1 N–H and O–H groups in total. The Balaban J connectivity index is 2.32. The van der Waals surface area contributed by atoms with Gasteiger partial charge in [0.2, 0.25) is 0 Å². The molecule has 0 heterocycles. The van der Waals surface area contributed by atoms with Crippen molar-refractivity contribution in [1.82, 2.24) is 5.32 Å². The molecule has 0 saturated carbocycles. The van der Waals surface area contributed by atoms with E-state index in [4.69, 9.17) is 16.3 Å². The lowest BCUT2D eigenvalue weighted by Crippen LogP contribution is -2.18. The second-order valence-corrected chi connectivity index (χ2v) is 6.23. The van der Waals surface area contributed by atoms with E-state index in [1.807, 2.05) is 24.3 Å². The molecule has 0 fully saturated rings. The highest BCUT2D eigenvalue weighted by atomic mass is 35.5. The molecule has 0 spiro atoms. The van der Waals surface area contributed by atoms with Crippen LogP contribution in [0.15, 0.2) is 52.3 Å². The van der Waals surface area contributed by atoms with Gasteiger partial charge in [-0.25, -0.2) is 0 Å². The molecule has 0 aliphatic carbocycles. The molecular formula is C17H16ClNO3S. The Kier molecular flexibility index (Phi) is 6.07. The van der Waals surface area contributed by atoms with Gasteiger partial charge in [0.15, 0.2) is 0 Å². The molecule has 2 rings (SSSR count). The molecule has 2 aromatic carbocycles. The third-order valence-corrected chi connectivity index (χ3v) is 4.47. The Bertz CT molecular complexity index is 734. The SMILES string of the molecule is CNC(=O)c1cc(Cl)ccc1Sc1ccccc1COC(C)=O. The molecular weight excluding hydrogens is 334 g/mol. The van der Waals surface area contributed by atoms with Crippen LogP contribution in [-0.4, -0.2) is 18.9 Å². The van der Waals surface area contributed by atoms with E-state index in [0.29, 0.717) is 10.6 Å². The topological polar surface area (TPSA) is 55.4 Å². The van der Waals surface area contributed by atoms with Crippen LogP contribution >= 0.6 is 23.4 Å². The fourth-order valence-electron chi connectivity index (χ4n) is 1.92. The van der Waals surface area contributed by atoms with E-state index in [9.17, 15) is 9.59 Å². The number of rotatable bonds is 5. The first-order chi connectivity index (χ1) is 11.0. The maximum absolute atomic E-state index is 12.0. The normalized spacial score (nSPS) is 10.2. The van der Waals surface area contributed by atoms with Crippen LogP contribution in [-0.2, 0) is 16.1 Å². The van der Waals surface area contributed by atoms with Crippen LogP contribution in [0.2, 0.25) is 5.02 Å². The minimum Gasteiger partial charge on any atom is -0.461 e. The minimum atomic E-state index is -0.331. The zero-order valence-electron chi connectivity index (χ0n) is 12.8. The van der Waals surface area contributed by atoms with Crippen LogP contribution in [0.3, 0.4) is 0 Å². The summed E-state index contributed by atoms with van der Waals surface area (Å²) in [5.41, 5.74) is 1.39. The molecule has 0 saturated heterocycles. The Morgan fingerprint density at radius 3 is 2.61 bits per heavy atom. The number of hydrogen-bond donors (Lipinski definition) is 1. The number of benzene rings is 2. The van der Waals surface area contributed by atoms with Gasteiger partial charge in [0.05, 0.1) is 5.56 Å². The van der Waals surface area contributed by atoms with Gasteiger partial charge in [-0.2, -0.15) is 0 Å². The van der Waals surface area contributed by atoms with Crippen molar-refractivity contribution < 1.29 is 14.3 Å². The van der Waals surface area contributed by atoms with Gasteiger partial charge < -0.3 is 10.1 Å². The number of carbonyl (C=O) groups excluding carboxylic acids is 2. The number of nitrogens with one attached hydrogen (secondary N) is 1. The first kappa shape index (κ1) is 17.4. The van der Waals surface area contributed by atoms with Crippen LogP contribution in [0.25, 0.3) is 0 Å². The number of hydrogen-bond acceptors (Lipinski definition) is 4. The van der Waals surface area contributed by atoms with E-state index in [1.165, 1.54) is 18.7 Å². The monoisotopic (exact) mass is 349 g/mol. The van der Waals surface area contributed by atoms with Gasteiger partial charge in [-0.15, -0.1) is 0 Å². The molecule has 0 aliphatic rings. The van der Waals surface area contributed by atoms with Crippen molar-refractivity contribution in [2.24, 2.45) is 0 Å². The van der Waals surface area contributed by atoms with Crippen molar-refractivity contribution in [1.29, 1.82) is 0 Å². The van der Waals surface area contributed by atoms with Crippen LogP contribution in [0.4, 0.5) is 0 Å². The fourth-order valence-corrected chi connectivity index (χ4v) is 3.14. The van der Waals surface area contributed by atoms with E-state index >= 15 is 0 Å². The summed E-state index contributed by atoms with van der Waals surface area (Å²) >= 11 is 7.42. The zero-order chi connectivity index (χ0) is 16.8. The first-order valence-electron chi connectivity index (χ1n) is 6.92. The van der Waals surface area contributed by atoms with Gasteiger partial charge >= 0.3 is 5.97 Å². The van der Waals surface area contributed by atoms with Crippen molar-refractivity contribution in [2.75, 3.05) is 7.05 Å². The third-order valence-electron chi connectivity index (χ3n) is 3.04.